The average Bonchev–Trinajstić information content (AvgIpc) is 2.46. The SMILES string of the molecule is CC(N)Cc1ccnc(-c2ccc3ncccc3c2)n1. The standard InChI is InChI=1S/C16H16N4/c1-11(17)9-14-6-8-19-16(20-14)13-4-5-15-12(10-13)3-2-7-18-15/h2-8,10-11H,9,17H2,1H3. The van der Waals surface area contributed by atoms with Crippen LogP contribution in [0.25, 0.3) is 22.3 Å². The van der Waals surface area contributed by atoms with Crippen LogP contribution in [-0.2, 0) is 6.42 Å². The number of nitrogens with zero attached hydrogens (tertiary/aromatic N) is 3. The molecule has 0 saturated carbocycles. The Morgan fingerprint density at radius 3 is 2.85 bits per heavy atom. The summed E-state index contributed by atoms with van der Waals surface area (Å²) in [6, 6.07) is 12.0. The fourth-order valence-corrected chi connectivity index (χ4v) is 2.19. The van der Waals surface area contributed by atoms with Crippen LogP contribution in [0.1, 0.15) is 12.6 Å². The van der Waals surface area contributed by atoms with Crippen molar-refractivity contribution in [1.29, 1.82) is 0 Å². The maximum Gasteiger partial charge on any atom is 0.159 e. The van der Waals surface area contributed by atoms with E-state index in [1.54, 1.807) is 12.4 Å². The summed E-state index contributed by atoms with van der Waals surface area (Å²) in [7, 11) is 0. The Labute approximate surface area is 117 Å². The van der Waals surface area contributed by atoms with Crippen molar-refractivity contribution in [2.75, 3.05) is 0 Å². The summed E-state index contributed by atoms with van der Waals surface area (Å²) in [6.07, 6.45) is 4.33. The molecule has 1 aromatic carbocycles. The van der Waals surface area contributed by atoms with E-state index < -0.39 is 0 Å². The van der Waals surface area contributed by atoms with Crippen molar-refractivity contribution in [3.05, 3.63) is 54.5 Å². The number of aromatic nitrogens is 3. The van der Waals surface area contributed by atoms with Crippen LogP contribution >= 0.6 is 0 Å². The molecule has 0 amide bonds. The Balaban J connectivity index is 2.01. The van der Waals surface area contributed by atoms with Gasteiger partial charge in [-0.1, -0.05) is 6.07 Å². The summed E-state index contributed by atoms with van der Waals surface area (Å²) in [6.45, 7) is 1.98. The highest BCUT2D eigenvalue weighted by Gasteiger charge is 2.05. The number of fused-ring (bicyclic) bond motifs is 1. The summed E-state index contributed by atoms with van der Waals surface area (Å²) in [5.74, 6) is 0.730. The van der Waals surface area contributed by atoms with E-state index in [1.165, 1.54) is 0 Å². The molecule has 0 spiro atoms. The largest absolute Gasteiger partial charge is 0.328 e. The smallest absolute Gasteiger partial charge is 0.159 e. The molecule has 2 heterocycles. The number of nitrogens with two attached hydrogens (primary N) is 1. The molecule has 3 aromatic rings. The first-order chi connectivity index (χ1) is 9.72. The van der Waals surface area contributed by atoms with Gasteiger partial charge in [0.2, 0.25) is 0 Å². The van der Waals surface area contributed by atoms with Gasteiger partial charge in [-0.05, 0) is 37.3 Å². The summed E-state index contributed by atoms with van der Waals surface area (Å²) in [5.41, 5.74) is 8.76. The van der Waals surface area contributed by atoms with Crippen LogP contribution in [-0.4, -0.2) is 21.0 Å². The quantitative estimate of drug-likeness (QED) is 0.789. The molecular formula is C16H16N4. The van der Waals surface area contributed by atoms with Crippen molar-refractivity contribution in [2.24, 2.45) is 5.73 Å². The minimum atomic E-state index is 0.0959. The molecule has 1 atom stereocenters. The number of hydrogen-bond donors (Lipinski definition) is 1. The van der Waals surface area contributed by atoms with Gasteiger partial charge in [-0.25, -0.2) is 9.97 Å². The third-order valence-electron chi connectivity index (χ3n) is 3.11. The van der Waals surface area contributed by atoms with Crippen molar-refractivity contribution in [1.82, 2.24) is 15.0 Å². The molecule has 0 fully saturated rings. The predicted octanol–water partition coefficient (Wildman–Crippen LogP) is 2.58. The number of benzene rings is 1. The number of pyridine rings is 1. The van der Waals surface area contributed by atoms with E-state index in [2.05, 4.69) is 21.0 Å². The molecule has 0 aliphatic heterocycles. The Hall–Kier alpha value is -2.33. The molecule has 2 aromatic heterocycles. The zero-order chi connectivity index (χ0) is 13.9. The maximum absolute atomic E-state index is 5.82. The van der Waals surface area contributed by atoms with Crippen molar-refractivity contribution in [3.8, 4) is 11.4 Å². The second kappa shape index (κ2) is 5.35. The highest BCUT2D eigenvalue weighted by molar-refractivity contribution is 5.82. The van der Waals surface area contributed by atoms with Gasteiger partial charge in [-0.15, -0.1) is 0 Å². The lowest BCUT2D eigenvalue weighted by molar-refractivity contribution is 0.720. The first kappa shape index (κ1) is 12.7. The van der Waals surface area contributed by atoms with Gasteiger partial charge in [0.1, 0.15) is 0 Å². The van der Waals surface area contributed by atoms with Crippen LogP contribution in [0.3, 0.4) is 0 Å². The van der Waals surface area contributed by atoms with Crippen LogP contribution in [0.4, 0.5) is 0 Å². The maximum atomic E-state index is 5.82. The molecule has 4 nitrogen and oxygen atoms in total. The highest BCUT2D eigenvalue weighted by Crippen LogP contribution is 2.20. The lowest BCUT2D eigenvalue weighted by atomic mass is 10.1. The van der Waals surface area contributed by atoms with Crippen molar-refractivity contribution >= 4 is 10.9 Å². The van der Waals surface area contributed by atoms with E-state index in [9.17, 15) is 0 Å². The van der Waals surface area contributed by atoms with E-state index in [4.69, 9.17) is 5.73 Å². The van der Waals surface area contributed by atoms with Gasteiger partial charge in [0, 0.05) is 41.5 Å². The lowest BCUT2D eigenvalue weighted by Crippen LogP contribution is -2.18. The van der Waals surface area contributed by atoms with Crippen LogP contribution < -0.4 is 5.73 Å². The second-order valence-electron chi connectivity index (χ2n) is 4.96. The van der Waals surface area contributed by atoms with E-state index in [1.807, 2.05) is 37.3 Å². The zero-order valence-electron chi connectivity index (χ0n) is 11.3. The van der Waals surface area contributed by atoms with Gasteiger partial charge in [0.05, 0.1) is 5.52 Å². The molecule has 4 heteroatoms. The van der Waals surface area contributed by atoms with Gasteiger partial charge in [-0.3, -0.25) is 4.98 Å². The summed E-state index contributed by atoms with van der Waals surface area (Å²) >= 11 is 0. The molecule has 0 bridgehead atoms. The fourth-order valence-electron chi connectivity index (χ4n) is 2.19. The van der Waals surface area contributed by atoms with Gasteiger partial charge in [0.25, 0.3) is 0 Å². The predicted molar refractivity (Wildman–Crippen MR) is 80.1 cm³/mol. The lowest BCUT2D eigenvalue weighted by Gasteiger charge is -2.07. The fraction of sp³-hybridized carbons (Fsp3) is 0.188. The molecule has 2 N–H and O–H groups in total. The van der Waals surface area contributed by atoms with Gasteiger partial charge < -0.3 is 5.73 Å². The monoisotopic (exact) mass is 264 g/mol. The van der Waals surface area contributed by atoms with E-state index >= 15 is 0 Å². The van der Waals surface area contributed by atoms with Crippen LogP contribution in [0.15, 0.2) is 48.8 Å². The topological polar surface area (TPSA) is 64.7 Å². The molecule has 0 saturated heterocycles. The van der Waals surface area contributed by atoms with E-state index in [-0.39, 0.29) is 6.04 Å². The second-order valence-corrected chi connectivity index (χ2v) is 4.96. The Morgan fingerprint density at radius 1 is 1.10 bits per heavy atom. The summed E-state index contributed by atoms with van der Waals surface area (Å²) in [4.78, 5) is 13.2. The highest BCUT2D eigenvalue weighted by atomic mass is 14.9. The van der Waals surface area contributed by atoms with Crippen LogP contribution in [0.2, 0.25) is 0 Å². The molecule has 0 radical (unpaired) electrons. The van der Waals surface area contributed by atoms with Crippen molar-refractivity contribution in [3.63, 3.8) is 0 Å². The van der Waals surface area contributed by atoms with Gasteiger partial charge in [-0.2, -0.15) is 0 Å². The minimum Gasteiger partial charge on any atom is -0.328 e. The minimum absolute atomic E-state index is 0.0959. The number of hydrogen-bond acceptors (Lipinski definition) is 4. The summed E-state index contributed by atoms with van der Waals surface area (Å²) < 4.78 is 0. The third-order valence-corrected chi connectivity index (χ3v) is 3.11. The van der Waals surface area contributed by atoms with Gasteiger partial charge >= 0.3 is 0 Å². The molecule has 100 valence electrons. The Bertz CT molecular complexity index is 737. The molecular weight excluding hydrogens is 248 g/mol. The molecule has 20 heavy (non-hydrogen) atoms. The van der Waals surface area contributed by atoms with Crippen LogP contribution in [0.5, 0.6) is 0 Å². The Morgan fingerprint density at radius 2 is 2.00 bits per heavy atom. The Kier molecular flexibility index (Phi) is 3.39. The summed E-state index contributed by atoms with van der Waals surface area (Å²) in [5, 5.41) is 1.09. The molecule has 1 unspecified atom stereocenters. The number of rotatable bonds is 3. The normalized spacial score (nSPS) is 12.5. The van der Waals surface area contributed by atoms with E-state index in [0.717, 1.165) is 34.4 Å². The first-order valence-electron chi connectivity index (χ1n) is 6.65. The first-order valence-corrected chi connectivity index (χ1v) is 6.65. The zero-order valence-corrected chi connectivity index (χ0v) is 11.3. The molecule has 3 rings (SSSR count). The van der Waals surface area contributed by atoms with Gasteiger partial charge in [0.15, 0.2) is 5.82 Å². The van der Waals surface area contributed by atoms with E-state index in [0.29, 0.717) is 0 Å². The van der Waals surface area contributed by atoms with Crippen molar-refractivity contribution < 1.29 is 0 Å². The average molecular weight is 264 g/mol. The third kappa shape index (κ3) is 2.65. The van der Waals surface area contributed by atoms with Crippen molar-refractivity contribution in [2.45, 2.75) is 19.4 Å². The van der Waals surface area contributed by atoms with Crippen LogP contribution in [0, 0.1) is 0 Å². The molecule has 0 aliphatic rings. The molecule has 0 aliphatic carbocycles.